The number of esters is 1. The Morgan fingerprint density at radius 1 is 1.05 bits per heavy atom. The fourth-order valence-electron chi connectivity index (χ4n) is 5.31. The summed E-state index contributed by atoms with van der Waals surface area (Å²) in [5.41, 5.74) is 12.3. The van der Waals surface area contributed by atoms with Crippen LogP contribution in [0.4, 0.5) is 10.7 Å². The average Bonchev–Trinajstić information content (AvgIpc) is 3.50. The molecule has 1 amide bonds. The van der Waals surface area contributed by atoms with Crippen LogP contribution < -0.4 is 11.1 Å². The number of nitrogens with zero attached hydrogens (tertiary/aromatic N) is 1. The highest BCUT2D eigenvalue weighted by Crippen LogP contribution is 2.43. The van der Waals surface area contributed by atoms with Crippen LogP contribution in [0, 0.1) is 5.92 Å². The van der Waals surface area contributed by atoms with Crippen molar-refractivity contribution in [2.75, 3.05) is 17.7 Å². The van der Waals surface area contributed by atoms with Gasteiger partial charge in [-0.3, -0.25) is 4.79 Å². The summed E-state index contributed by atoms with van der Waals surface area (Å²) in [5.74, 6) is -0.211. The van der Waals surface area contributed by atoms with Crippen LogP contribution in [0.5, 0.6) is 0 Å². The molecule has 1 atom stereocenters. The molecule has 0 saturated carbocycles. The van der Waals surface area contributed by atoms with Gasteiger partial charge in [-0.2, -0.15) is 0 Å². The Hall–Kier alpha value is -4.01. The highest BCUT2D eigenvalue weighted by Gasteiger charge is 2.30. The number of pyridine rings is 1. The lowest BCUT2D eigenvalue weighted by Crippen LogP contribution is -2.16. The van der Waals surface area contributed by atoms with Crippen molar-refractivity contribution in [3.8, 4) is 22.4 Å². The lowest BCUT2D eigenvalue weighted by molar-refractivity contribution is 0.0526. The number of carbonyl (C=O) groups is 2. The third-order valence-electron chi connectivity index (χ3n) is 7.28. The van der Waals surface area contributed by atoms with E-state index in [0.29, 0.717) is 31.9 Å². The molecule has 0 bridgehead atoms. The van der Waals surface area contributed by atoms with Gasteiger partial charge in [0.1, 0.15) is 14.7 Å². The number of nitrogens with two attached hydrogens (primary N) is 1. The van der Waals surface area contributed by atoms with Crippen LogP contribution in [-0.4, -0.2) is 23.5 Å². The molecule has 3 N–H and O–H groups in total. The fraction of sp³-hybridized carbons (Fsp3) is 0.219. The highest BCUT2D eigenvalue weighted by molar-refractivity contribution is 7.21. The van der Waals surface area contributed by atoms with Crippen LogP contribution in [0.3, 0.4) is 0 Å². The number of nitrogen functional groups attached to an aromatic ring is 1. The Labute approximate surface area is 240 Å². The zero-order valence-electron chi connectivity index (χ0n) is 22.3. The topological polar surface area (TPSA) is 94.3 Å². The number of nitrogens with one attached hydrogen (secondary N) is 1. The lowest BCUT2D eigenvalue weighted by Gasteiger charge is -2.18. The van der Waals surface area contributed by atoms with E-state index in [1.54, 1.807) is 6.92 Å². The molecule has 0 saturated heterocycles. The number of hydrogen-bond donors (Lipinski definition) is 2. The molecule has 0 aliphatic heterocycles. The molecule has 40 heavy (non-hydrogen) atoms. The molecule has 1 aliphatic carbocycles. The van der Waals surface area contributed by atoms with Gasteiger partial charge in [0.15, 0.2) is 0 Å². The van der Waals surface area contributed by atoms with Gasteiger partial charge in [-0.1, -0.05) is 67.6 Å². The second-order valence-electron chi connectivity index (χ2n) is 10.0. The van der Waals surface area contributed by atoms with Gasteiger partial charge < -0.3 is 15.8 Å². The molecule has 3 aromatic heterocycles. The van der Waals surface area contributed by atoms with Crippen molar-refractivity contribution in [2.45, 2.75) is 33.1 Å². The molecule has 202 valence electrons. The molecule has 3 heterocycles. The summed E-state index contributed by atoms with van der Waals surface area (Å²) in [6.45, 7) is 4.27. The third-order valence-corrected chi connectivity index (χ3v) is 9.55. The maximum Gasteiger partial charge on any atom is 0.341 e. The van der Waals surface area contributed by atoms with E-state index in [1.165, 1.54) is 22.7 Å². The van der Waals surface area contributed by atoms with Gasteiger partial charge in [-0.25, -0.2) is 9.78 Å². The minimum absolute atomic E-state index is 0.272. The first-order valence-corrected chi connectivity index (χ1v) is 15.0. The highest BCUT2D eigenvalue weighted by atomic mass is 32.1. The van der Waals surface area contributed by atoms with E-state index in [2.05, 4.69) is 12.2 Å². The summed E-state index contributed by atoms with van der Waals surface area (Å²) in [6, 6.07) is 22.0. The molecule has 0 radical (unpaired) electrons. The number of benzene rings is 2. The predicted octanol–water partition coefficient (Wildman–Crippen LogP) is 7.83. The molecule has 5 aromatic rings. The largest absolute Gasteiger partial charge is 0.462 e. The van der Waals surface area contributed by atoms with Crippen molar-refractivity contribution >= 4 is 55.5 Å². The van der Waals surface area contributed by atoms with Crippen molar-refractivity contribution in [1.82, 2.24) is 4.98 Å². The minimum Gasteiger partial charge on any atom is -0.462 e. The monoisotopic (exact) mass is 567 g/mol. The maximum atomic E-state index is 13.8. The van der Waals surface area contributed by atoms with Crippen LogP contribution in [-0.2, 0) is 17.6 Å². The van der Waals surface area contributed by atoms with Crippen LogP contribution in [0.15, 0.2) is 66.7 Å². The van der Waals surface area contributed by atoms with E-state index < -0.39 is 5.97 Å². The summed E-state index contributed by atoms with van der Waals surface area (Å²) in [5, 5.41) is 4.31. The molecule has 0 spiro atoms. The zero-order valence-corrected chi connectivity index (χ0v) is 24.0. The van der Waals surface area contributed by atoms with Crippen molar-refractivity contribution in [1.29, 1.82) is 0 Å². The Morgan fingerprint density at radius 2 is 1.75 bits per heavy atom. The maximum absolute atomic E-state index is 13.8. The first-order chi connectivity index (χ1) is 19.4. The van der Waals surface area contributed by atoms with Crippen molar-refractivity contribution < 1.29 is 14.3 Å². The smallest absolute Gasteiger partial charge is 0.341 e. The summed E-state index contributed by atoms with van der Waals surface area (Å²) in [4.78, 5) is 33.9. The Bertz CT molecular complexity index is 1730. The van der Waals surface area contributed by atoms with Crippen LogP contribution in [0.25, 0.3) is 32.6 Å². The first kappa shape index (κ1) is 26.2. The molecular formula is C32H29N3O3S2. The number of fused-ring (bicyclic) bond motifs is 2. The first-order valence-electron chi connectivity index (χ1n) is 13.4. The molecular weight excluding hydrogens is 539 g/mol. The molecule has 1 unspecified atom stereocenters. The number of ether oxygens (including phenoxy) is 1. The molecule has 8 heteroatoms. The second kappa shape index (κ2) is 10.9. The van der Waals surface area contributed by atoms with E-state index in [0.717, 1.165) is 57.5 Å². The van der Waals surface area contributed by atoms with Gasteiger partial charge in [0.05, 0.1) is 23.6 Å². The zero-order chi connectivity index (χ0) is 27.8. The van der Waals surface area contributed by atoms with E-state index in [1.807, 2.05) is 66.7 Å². The van der Waals surface area contributed by atoms with Crippen molar-refractivity contribution in [2.24, 2.45) is 5.92 Å². The standard InChI is InChI=1S/C32H29N3O3S2/c1-3-38-32(37)26-21-15-14-18(2)16-24(21)39-31(26)35-29(36)28-27(33)25-22(19-10-6-4-7-11-19)17-23(34-30(25)40-28)20-12-8-5-9-13-20/h4-13,17-18H,3,14-16,33H2,1-2H3,(H,35,36). The summed E-state index contributed by atoms with van der Waals surface area (Å²) in [6.07, 6.45) is 2.69. The molecule has 0 fully saturated rings. The quantitative estimate of drug-likeness (QED) is 0.204. The van der Waals surface area contributed by atoms with Gasteiger partial charge in [0, 0.05) is 15.8 Å². The average molecular weight is 568 g/mol. The summed E-state index contributed by atoms with van der Waals surface area (Å²) >= 11 is 2.74. The number of aromatic nitrogens is 1. The van der Waals surface area contributed by atoms with E-state index in [9.17, 15) is 9.59 Å². The second-order valence-corrected chi connectivity index (χ2v) is 12.1. The SMILES string of the molecule is CCOC(=O)c1c(NC(=O)c2sc3nc(-c4ccccc4)cc(-c4ccccc4)c3c2N)sc2c1CCC(C)C2. The Balaban J connectivity index is 1.45. The lowest BCUT2D eigenvalue weighted by atomic mass is 9.88. The minimum atomic E-state index is -0.394. The number of hydrogen-bond acceptors (Lipinski definition) is 7. The van der Waals surface area contributed by atoms with Crippen LogP contribution in [0.2, 0.25) is 0 Å². The fourth-order valence-corrected chi connectivity index (χ4v) is 7.72. The molecule has 6 nitrogen and oxygen atoms in total. The van der Waals surface area contributed by atoms with Gasteiger partial charge >= 0.3 is 5.97 Å². The predicted molar refractivity (Wildman–Crippen MR) is 164 cm³/mol. The number of carbonyl (C=O) groups excluding carboxylic acids is 2. The van der Waals surface area contributed by atoms with E-state index >= 15 is 0 Å². The number of thiophene rings is 2. The van der Waals surface area contributed by atoms with Crippen LogP contribution in [0.1, 0.15) is 50.7 Å². The third kappa shape index (κ3) is 4.78. The Morgan fingerprint density at radius 3 is 2.45 bits per heavy atom. The molecule has 6 rings (SSSR count). The van der Waals surface area contributed by atoms with E-state index in [-0.39, 0.29) is 12.5 Å². The van der Waals surface area contributed by atoms with Crippen molar-refractivity contribution in [3.05, 3.63) is 87.6 Å². The van der Waals surface area contributed by atoms with Gasteiger partial charge in [0.25, 0.3) is 5.91 Å². The molecule has 2 aromatic carbocycles. The van der Waals surface area contributed by atoms with Crippen LogP contribution >= 0.6 is 22.7 Å². The van der Waals surface area contributed by atoms with Gasteiger partial charge in [-0.15, -0.1) is 22.7 Å². The number of amides is 1. The Kier molecular flexibility index (Phi) is 7.12. The summed E-state index contributed by atoms with van der Waals surface area (Å²) < 4.78 is 5.38. The van der Waals surface area contributed by atoms with Gasteiger partial charge in [0.2, 0.25) is 0 Å². The number of anilines is 2. The van der Waals surface area contributed by atoms with Gasteiger partial charge in [-0.05, 0) is 54.9 Å². The molecule has 1 aliphatic rings. The van der Waals surface area contributed by atoms with Crippen molar-refractivity contribution in [3.63, 3.8) is 0 Å². The van der Waals surface area contributed by atoms with E-state index in [4.69, 9.17) is 15.5 Å². The summed E-state index contributed by atoms with van der Waals surface area (Å²) in [7, 11) is 0. The normalized spacial score (nSPS) is 14.6. The number of rotatable bonds is 6.